The molecule has 262 valence electrons. The first kappa shape index (κ1) is 38.4. The van der Waals surface area contributed by atoms with Crippen LogP contribution >= 0.6 is 11.3 Å². The van der Waals surface area contributed by atoms with Crippen LogP contribution in [0.5, 0.6) is 0 Å². The van der Waals surface area contributed by atoms with E-state index in [1.807, 2.05) is 109 Å². The summed E-state index contributed by atoms with van der Waals surface area (Å²) in [6.07, 6.45) is 0. The van der Waals surface area contributed by atoms with Crippen LogP contribution < -0.4 is 45.3 Å². The van der Waals surface area contributed by atoms with E-state index in [4.69, 9.17) is 9.82 Å². The van der Waals surface area contributed by atoms with Crippen molar-refractivity contribution in [1.29, 1.82) is 0 Å². The molecule has 0 atom stereocenters. The van der Waals surface area contributed by atoms with E-state index >= 15 is 0 Å². The molecule has 7 aromatic rings. The van der Waals surface area contributed by atoms with Crippen molar-refractivity contribution in [2.45, 2.75) is 11.1 Å². The molecule has 0 saturated carbocycles. The van der Waals surface area contributed by atoms with E-state index in [9.17, 15) is 9.90 Å². The Balaban J connectivity index is 0.00000497. The van der Waals surface area contributed by atoms with Crippen LogP contribution in [0.15, 0.2) is 193 Å². The van der Waals surface area contributed by atoms with Crippen LogP contribution in [0.3, 0.4) is 0 Å². The molecule has 0 radical (unpaired) electrons. The van der Waals surface area contributed by atoms with Crippen molar-refractivity contribution in [2.75, 3.05) is 18.5 Å². The average Bonchev–Trinajstić information content (AvgIpc) is 3.69. The molecular weight excluding hydrogens is 700 g/mol. The molecule has 0 unspecified atom stereocenters. The van der Waals surface area contributed by atoms with Gasteiger partial charge in [-0.1, -0.05) is 187 Å². The van der Waals surface area contributed by atoms with Crippen molar-refractivity contribution in [3.63, 3.8) is 0 Å². The number of hydrogen-bond donors (Lipinski definition) is 2. The summed E-state index contributed by atoms with van der Waals surface area (Å²) in [5, 5.41) is 26.0. The van der Waals surface area contributed by atoms with Crippen LogP contribution in [-0.2, 0) is 20.7 Å². The number of carboxylic acids is 1. The molecule has 0 aliphatic rings. The first-order valence-electron chi connectivity index (χ1n) is 17.3. The van der Waals surface area contributed by atoms with Gasteiger partial charge in [-0.3, -0.25) is 5.32 Å². The smallest absolute Gasteiger partial charge is 0.543 e. The van der Waals surface area contributed by atoms with Gasteiger partial charge in [0, 0.05) is 11.9 Å². The maximum Gasteiger partial charge on any atom is 1.00 e. The van der Waals surface area contributed by atoms with Gasteiger partial charge in [-0.25, -0.2) is 4.98 Å². The molecule has 0 amide bonds. The largest absolute Gasteiger partial charge is 1.00 e. The number of benzene rings is 6. The summed E-state index contributed by atoms with van der Waals surface area (Å²) in [5.41, 5.74) is 4.36. The Morgan fingerprint density at radius 2 is 0.944 bits per heavy atom. The molecule has 0 aliphatic carbocycles. The van der Waals surface area contributed by atoms with Crippen LogP contribution in [-0.4, -0.2) is 29.8 Å². The Hall–Kier alpha value is -5.35. The number of aromatic nitrogens is 1. The summed E-state index contributed by atoms with van der Waals surface area (Å²) in [4.78, 5) is 22.8. The van der Waals surface area contributed by atoms with Crippen LogP contribution in [0.4, 0.5) is 5.13 Å². The number of oxime groups is 1. The predicted molar refractivity (Wildman–Crippen MR) is 210 cm³/mol. The summed E-state index contributed by atoms with van der Waals surface area (Å²) >= 11 is 1.28. The molecule has 0 fully saturated rings. The third kappa shape index (κ3) is 8.09. The minimum atomic E-state index is -1.48. The fourth-order valence-electron chi connectivity index (χ4n) is 6.83. The molecule has 1 heterocycles. The SMILES string of the molecule is O=C([O-])/C(=N/OCCNC(c1ccccc1)(c1ccccc1)c1ccccc1)c1csc(NC(c2ccccc2)(c2ccccc2)c2ccccc2)n1.[Na+]. The third-order valence-corrected chi connectivity index (χ3v) is 9.97. The van der Waals surface area contributed by atoms with Gasteiger partial charge in [0.1, 0.15) is 17.8 Å². The van der Waals surface area contributed by atoms with E-state index in [-0.39, 0.29) is 47.6 Å². The Bertz CT molecular complexity index is 2050. The molecule has 1 aromatic heterocycles. The zero-order valence-corrected chi connectivity index (χ0v) is 32.7. The van der Waals surface area contributed by atoms with Crippen LogP contribution in [0.25, 0.3) is 0 Å². The van der Waals surface area contributed by atoms with Gasteiger partial charge in [0.15, 0.2) is 10.8 Å². The summed E-state index contributed by atoms with van der Waals surface area (Å²) in [6.45, 7) is 0.430. The number of anilines is 1. The van der Waals surface area contributed by atoms with E-state index in [1.165, 1.54) is 11.3 Å². The topological polar surface area (TPSA) is 98.7 Å². The number of thiazole rings is 1. The number of nitrogens with one attached hydrogen (secondary N) is 2. The number of hydrogen-bond acceptors (Lipinski definition) is 8. The third-order valence-electron chi connectivity index (χ3n) is 9.21. The van der Waals surface area contributed by atoms with Gasteiger partial charge < -0.3 is 20.1 Å². The van der Waals surface area contributed by atoms with Crippen molar-refractivity contribution >= 4 is 28.1 Å². The van der Waals surface area contributed by atoms with E-state index in [1.54, 1.807) is 5.38 Å². The van der Waals surface area contributed by atoms with Crippen molar-refractivity contribution < 1.29 is 44.3 Å². The molecule has 0 spiro atoms. The Kier molecular flexibility index (Phi) is 12.9. The first-order valence-corrected chi connectivity index (χ1v) is 18.2. The zero-order chi connectivity index (χ0) is 36.4. The summed E-state index contributed by atoms with van der Waals surface area (Å²) < 4.78 is 0. The van der Waals surface area contributed by atoms with Gasteiger partial charge in [-0.05, 0) is 33.4 Å². The van der Waals surface area contributed by atoms with E-state index < -0.39 is 17.0 Å². The molecule has 7 nitrogen and oxygen atoms in total. The van der Waals surface area contributed by atoms with Gasteiger partial charge in [-0.15, -0.1) is 11.3 Å². The van der Waals surface area contributed by atoms with E-state index in [2.05, 4.69) is 88.6 Å². The second-order valence-corrected chi connectivity index (χ2v) is 13.2. The van der Waals surface area contributed by atoms with Crippen LogP contribution in [0, 0.1) is 0 Å². The number of carboxylic acid groups (broad SMARTS) is 1. The summed E-state index contributed by atoms with van der Waals surface area (Å²) in [7, 11) is 0. The number of nitrogens with zero attached hydrogens (tertiary/aromatic N) is 2. The molecule has 54 heavy (non-hydrogen) atoms. The van der Waals surface area contributed by atoms with Crippen molar-refractivity contribution in [3.05, 3.63) is 226 Å². The number of aliphatic carboxylic acids is 1. The summed E-state index contributed by atoms with van der Waals surface area (Å²) in [6, 6.07) is 61.0. The van der Waals surface area contributed by atoms with Gasteiger partial charge in [0.05, 0.1) is 11.5 Å². The van der Waals surface area contributed by atoms with Crippen molar-refractivity contribution in [2.24, 2.45) is 5.16 Å². The molecule has 2 N–H and O–H groups in total. The maximum atomic E-state index is 12.4. The van der Waals surface area contributed by atoms with Crippen molar-refractivity contribution in [3.8, 4) is 0 Å². The van der Waals surface area contributed by atoms with Gasteiger partial charge in [0.2, 0.25) is 0 Å². The van der Waals surface area contributed by atoms with E-state index in [0.29, 0.717) is 11.7 Å². The first-order chi connectivity index (χ1) is 26.1. The van der Waals surface area contributed by atoms with Crippen molar-refractivity contribution in [1.82, 2.24) is 10.3 Å². The monoisotopic (exact) mass is 736 g/mol. The standard InChI is InChI=1S/C45H38N4O3S.Na/c50-42(51)41(49-52-32-31-46-44(34-19-7-1-8-20-34,35-21-9-2-10-22-35)36-23-11-3-12-24-36)40-33-53-43(47-40)48-45(37-25-13-4-14-26-37,38-27-15-5-16-28-38)39-29-17-6-18-30-39;/h1-30,33,46H,31-32H2,(H,47,48)(H,50,51);/q;+1/p-1/b49-41+;. The minimum Gasteiger partial charge on any atom is -0.543 e. The second-order valence-electron chi connectivity index (χ2n) is 12.3. The van der Waals surface area contributed by atoms with Gasteiger partial charge in [0.25, 0.3) is 0 Å². The molecule has 0 aliphatic heterocycles. The fraction of sp³-hybridized carbons (Fsp3) is 0.0889. The molecular formula is C45H37N4NaO3S. The van der Waals surface area contributed by atoms with Crippen LogP contribution in [0.2, 0.25) is 0 Å². The normalized spacial score (nSPS) is 11.7. The number of carbonyl (C=O) groups excluding carboxylic acids is 1. The number of rotatable bonds is 15. The Morgan fingerprint density at radius 3 is 1.30 bits per heavy atom. The molecule has 9 heteroatoms. The molecule has 0 bridgehead atoms. The summed E-state index contributed by atoms with van der Waals surface area (Å²) in [5.74, 6) is -1.48. The molecule has 0 saturated heterocycles. The Morgan fingerprint density at radius 1 is 0.593 bits per heavy atom. The maximum absolute atomic E-state index is 12.4. The second kappa shape index (κ2) is 18.1. The predicted octanol–water partition coefficient (Wildman–Crippen LogP) is 4.60. The fourth-order valence-corrected chi connectivity index (χ4v) is 7.59. The number of carbonyl (C=O) groups is 1. The zero-order valence-electron chi connectivity index (χ0n) is 29.8. The average molecular weight is 737 g/mol. The Labute approximate surface area is 341 Å². The minimum absolute atomic E-state index is 0. The molecule has 7 rings (SSSR count). The quantitative estimate of drug-likeness (QED) is 0.0526. The van der Waals surface area contributed by atoms with Crippen LogP contribution in [0.1, 0.15) is 39.1 Å². The van der Waals surface area contributed by atoms with Gasteiger partial charge >= 0.3 is 29.6 Å². The van der Waals surface area contributed by atoms with Gasteiger partial charge in [-0.2, -0.15) is 0 Å². The van der Waals surface area contributed by atoms with E-state index in [0.717, 1.165) is 33.4 Å². The molecule has 6 aromatic carbocycles.